The van der Waals surface area contributed by atoms with Crippen LogP contribution in [0.1, 0.15) is 43.3 Å². The fourth-order valence-corrected chi connectivity index (χ4v) is 4.69. The number of piperazine rings is 1. The molecule has 1 aromatic rings. The highest BCUT2D eigenvalue weighted by Gasteiger charge is 2.24. The molecule has 1 aromatic heterocycles. The van der Waals surface area contributed by atoms with Crippen LogP contribution in [0.25, 0.3) is 0 Å². The quantitative estimate of drug-likeness (QED) is 0.824. The molecule has 3 heterocycles. The van der Waals surface area contributed by atoms with Gasteiger partial charge in [0.05, 0.1) is 12.2 Å². The third-order valence-corrected chi connectivity index (χ3v) is 6.09. The molecular weight excluding hydrogens is 304 g/mol. The van der Waals surface area contributed by atoms with Gasteiger partial charge in [-0.25, -0.2) is 4.98 Å². The summed E-state index contributed by atoms with van der Waals surface area (Å²) in [6, 6.07) is 0. The molecule has 0 aliphatic carbocycles. The van der Waals surface area contributed by atoms with Crippen LogP contribution in [-0.2, 0) is 6.54 Å². The number of piperidine rings is 1. The number of thiazole rings is 1. The molecule has 0 radical (unpaired) electrons. The molecule has 2 saturated heterocycles. The number of hydrogen-bond acceptors (Lipinski definition) is 5. The Bertz CT molecular complexity index is 479. The van der Waals surface area contributed by atoms with E-state index >= 15 is 0 Å². The Morgan fingerprint density at radius 3 is 2.65 bits per heavy atom. The van der Waals surface area contributed by atoms with Crippen LogP contribution in [0.3, 0.4) is 0 Å². The lowest BCUT2D eigenvalue weighted by Crippen LogP contribution is -2.48. The molecule has 0 aromatic carbocycles. The first kappa shape index (κ1) is 17.3. The van der Waals surface area contributed by atoms with Crippen LogP contribution in [0, 0.1) is 5.92 Å². The third kappa shape index (κ3) is 4.99. The van der Waals surface area contributed by atoms with Gasteiger partial charge in [0.1, 0.15) is 5.01 Å². The smallest absolute Gasteiger partial charge is 0.107 e. The molecule has 2 aliphatic rings. The lowest BCUT2D eigenvalue weighted by Gasteiger charge is -2.38. The van der Waals surface area contributed by atoms with Gasteiger partial charge in [0.15, 0.2) is 0 Å². The van der Waals surface area contributed by atoms with Gasteiger partial charge in [0, 0.05) is 44.6 Å². The first-order valence-corrected chi connectivity index (χ1v) is 10.1. The van der Waals surface area contributed by atoms with Crippen molar-refractivity contribution in [3.63, 3.8) is 0 Å². The highest BCUT2D eigenvalue weighted by atomic mass is 32.1. The molecule has 5 heteroatoms. The monoisotopic (exact) mass is 336 g/mol. The summed E-state index contributed by atoms with van der Waals surface area (Å²) in [5.41, 5.74) is 1.26. The van der Waals surface area contributed by atoms with Crippen LogP contribution in [0.2, 0.25) is 0 Å². The summed E-state index contributed by atoms with van der Waals surface area (Å²) in [6.07, 6.45) is 2.75. The number of rotatable bonds is 5. The van der Waals surface area contributed by atoms with Crippen LogP contribution in [0.5, 0.6) is 0 Å². The van der Waals surface area contributed by atoms with Crippen molar-refractivity contribution < 1.29 is 0 Å². The maximum atomic E-state index is 4.81. The number of likely N-dealkylation sites (N-methyl/N-ethyl adjacent to an activating group) is 1. The van der Waals surface area contributed by atoms with Gasteiger partial charge in [-0.2, -0.15) is 0 Å². The van der Waals surface area contributed by atoms with E-state index in [1.165, 1.54) is 69.4 Å². The molecule has 0 saturated carbocycles. The van der Waals surface area contributed by atoms with Crippen molar-refractivity contribution in [2.24, 2.45) is 5.92 Å². The zero-order chi connectivity index (χ0) is 16.2. The molecule has 2 aliphatic heterocycles. The molecule has 3 rings (SSSR count). The fraction of sp³-hybridized carbons (Fsp3) is 0.833. The van der Waals surface area contributed by atoms with E-state index in [1.54, 1.807) is 0 Å². The standard InChI is InChI=1S/C18H32N4S/c1-15(2)17-14-23-18(19-17)13-22-6-4-5-16(12-22)11-21-9-7-20(3)8-10-21/h14-16H,4-13H2,1-3H3. The van der Waals surface area contributed by atoms with Crippen LogP contribution in [-0.4, -0.2) is 72.5 Å². The Balaban J connectivity index is 1.47. The predicted octanol–water partition coefficient (Wildman–Crippen LogP) is 2.73. The zero-order valence-electron chi connectivity index (χ0n) is 15.0. The second-order valence-electron chi connectivity index (χ2n) is 7.67. The highest BCUT2D eigenvalue weighted by molar-refractivity contribution is 7.09. The predicted molar refractivity (Wildman–Crippen MR) is 98.1 cm³/mol. The summed E-state index contributed by atoms with van der Waals surface area (Å²) in [5.74, 6) is 1.39. The van der Waals surface area contributed by atoms with Crippen LogP contribution < -0.4 is 0 Å². The van der Waals surface area contributed by atoms with Crippen molar-refractivity contribution >= 4 is 11.3 Å². The number of likely N-dealkylation sites (tertiary alicyclic amines) is 1. The summed E-state index contributed by atoms with van der Waals surface area (Å²) in [7, 11) is 2.24. The van der Waals surface area contributed by atoms with E-state index in [9.17, 15) is 0 Å². The fourth-order valence-electron chi connectivity index (χ4n) is 3.69. The summed E-state index contributed by atoms with van der Waals surface area (Å²) < 4.78 is 0. The van der Waals surface area contributed by atoms with E-state index in [1.807, 2.05) is 11.3 Å². The summed E-state index contributed by atoms with van der Waals surface area (Å²) in [4.78, 5) is 12.6. The molecule has 1 atom stereocenters. The van der Waals surface area contributed by atoms with Crippen LogP contribution in [0.4, 0.5) is 0 Å². The molecule has 0 N–H and O–H groups in total. The second kappa shape index (κ2) is 8.06. The first-order valence-electron chi connectivity index (χ1n) is 9.17. The molecule has 0 amide bonds. The van der Waals surface area contributed by atoms with Crippen molar-refractivity contribution in [1.29, 1.82) is 0 Å². The molecule has 23 heavy (non-hydrogen) atoms. The van der Waals surface area contributed by atoms with Crippen molar-refractivity contribution in [2.75, 3.05) is 52.9 Å². The van der Waals surface area contributed by atoms with E-state index in [0.717, 1.165) is 12.5 Å². The Kier molecular flexibility index (Phi) is 6.07. The van der Waals surface area contributed by atoms with Crippen molar-refractivity contribution in [3.8, 4) is 0 Å². The molecule has 130 valence electrons. The summed E-state index contributed by atoms with van der Waals surface area (Å²) in [6.45, 7) is 14.3. The van der Waals surface area contributed by atoms with Gasteiger partial charge >= 0.3 is 0 Å². The number of nitrogens with zero attached hydrogens (tertiary/aromatic N) is 4. The SMILES string of the molecule is CC(C)c1csc(CN2CCCC(CN3CCN(C)CC3)C2)n1. The topological polar surface area (TPSA) is 22.6 Å². The van der Waals surface area contributed by atoms with Crippen molar-refractivity contribution in [1.82, 2.24) is 19.7 Å². The Hall–Kier alpha value is -0.490. The Labute approximate surface area is 145 Å². The normalized spacial score (nSPS) is 25.3. The minimum absolute atomic E-state index is 0.548. The highest BCUT2D eigenvalue weighted by Crippen LogP contribution is 2.23. The second-order valence-corrected chi connectivity index (χ2v) is 8.61. The van der Waals surface area contributed by atoms with Gasteiger partial charge in [-0.1, -0.05) is 13.8 Å². The molecule has 0 spiro atoms. The summed E-state index contributed by atoms with van der Waals surface area (Å²) in [5, 5.41) is 3.54. The third-order valence-electron chi connectivity index (χ3n) is 5.24. The largest absolute Gasteiger partial charge is 0.304 e. The van der Waals surface area contributed by atoms with Gasteiger partial charge in [-0.05, 0) is 38.3 Å². The number of hydrogen-bond donors (Lipinski definition) is 0. The Morgan fingerprint density at radius 2 is 1.96 bits per heavy atom. The zero-order valence-corrected chi connectivity index (χ0v) is 15.8. The molecule has 0 bridgehead atoms. The lowest BCUT2D eigenvalue weighted by molar-refractivity contribution is 0.0966. The maximum Gasteiger partial charge on any atom is 0.107 e. The van der Waals surface area contributed by atoms with E-state index in [-0.39, 0.29) is 0 Å². The molecular formula is C18H32N4S. The molecule has 4 nitrogen and oxygen atoms in total. The molecule has 1 unspecified atom stereocenters. The number of aromatic nitrogens is 1. The van der Waals surface area contributed by atoms with E-state index in [0.29, 0.717) is 5.92 Å². The lowest BCUT2D eigenvalue weighted by atomic mass is 9.97. The van der Waals surface area contributed by atoms with E-state index in [2.05, 4.69) is 41.0 Å². The van der Waals surface area contributed by atoms with Gasteiger partial charge in [0.25, 0.3) is 0 Å². The maximum absolute atomic E-state index is 4.81. The van der Waals surface area contributed by atoms with Crippen molar-refractivity contribution in [2.45, 2.75) is 39.2 Å². The van der Waals surface area contributed by atoms with E-state index in [4.69, 9.17) is 4.98 Å². The van der Waals surface area contributed by atoms with Crippen molar-refractivity contribution in [3.05, 3.63) is 16.1 Å². The Morgan fingerprint density at radius 1 is 1.17 bits per heavy atom. The first-order chi connectivity index (χ1) is 11.1. The average Bonchev–Trinajstić information content (AvgIpc) is 2.99. The minimum atomic E-state index is 0.548. The minimum Gasteiger partial charge on any atom is -0.304 e. The average molecular weight is 337 g/mol. The van der Waals surface area contributed by atoms with Crippen LogP contribution >= 0.6 is 11.3 Å². The van der Waals surface area contributed by atoms with E-state index < -0.39 is 0 Å². The van der Waals surface area contributed by atoms with Gasteiger partial charge < -0.3 is 9.80 Å². The summed E-state index contributed by atoms with van der Waals surface area (Å²) >= 11 is 1.84. The molecule has 2 fully saturated rings. The van der Waals surface area contributed by atoms with Crippen LogP contribution in [0.15, 0.2) is 5.38 Å². The van der Waals surface area contributed by atoms with Gasteiger partial charge in [-0.15, -0.1) is 11.3 Å². The van der Waals surface area contributed by atoms with Gasteiger partial charge in [-0.3, -0.25) is 4.90 Å². The van der Waals surface area contributed by atoms with Gasteiger partial charge in [0.2, 0.25) is 0 Å².